The normalized spacial score (nSPS) is 9.19. The van der Waals surface area contributed by atoms with Crippen LogP contribution in [0.3, 0.4) is 0 Å². The quantitative estimate of drug-likeness (QED) is 0.613. The minimum atomic E-state index is 0.121. The van der Waals surface area contributed by atoms with Gasteiger partial charge in [0.25, 0.3) is 0 Å². The van der Waals surface area contributed by atoms with Crippen LogP contribution in [0.25, 0.3) is 0 Å². The van der Waals surface area contributed by atoms with Crippen LogP contribution in [0.5, 0.6) is 0 Å². The van der Waals surface area contributed by atoms with Crippen molar-refractivity contribution in [3.8, 4) is 0 Å². The van der Waals surface area contributed by atoms with Gasteiger partial charge in [0, 0.05) is 5.56 Å². The Bertz CT molecular complexity index is 261. The van der Waals surface area contributed by atoms with Crippen LogP contribution in [-0.2, 0) is 0 Å². The number of carbonyl (C=O) groups excluding carboxylic acids is 1. The van der Waals surface area contributed by atoms with Crippen molar-refractivity contribution >= 4 is 5.78 Å². The van der Waals surface area contributed by atoms with Gasteiger partial charge in [-0.05, 0) is 12.3 Å². The van der Waals surface area contributed by atoms with Crippen LogP contribution >= 0.6 is 0 Å². The predicted octanol–water partition coefficient (Wildman–Crippen LogP) is 4.97. The standard InChI is InChI=1S/C8H8O.C5H12.C2H6/c1-7(9)8-5-3-2-4-6-8;1-5(2,3)4;1-2/h2-6H,1H3;1-4H3;1-2H3. The van der Waals surface area contributed by atoms with Crippen molar-refractivity contribution in [3.63, 3.8) is 0 Å². The molecule has 0 heterocycles. The van der Waals surface area contributed by atoms with Crippen molar-refractivity contribution in [2.45, 2.75) is 48.5 Å². The van der Waals surface area contributed by atoms with Gasteiger partial charge in [-0.25, -0.2) is 0 Å². The maximum Gasteiger partial charge on any atom is 0.159 e. The third-order valence-corrected chi connectivity index (χ3v) is 1.18. The molecule has 1 aromatic rings. The van der Waals surface area contributed by atoms with Gasteiger partial charge in [-0.2, -0.15) is 0 Å². The van der Waals surface area contributed by atoms with E-state index in [1.165, 1.54) is 0 Å². The molecule has 0 fully saturated rings. The highest BCUT2D eigenvalue weighted by Crippen LogP contribution is 2.08. The van der Waals surface area contributed by atoms with Gasteiger partial charge in [-0.15, -0.1) is 0 Å². The second kappa shape index (κ2) is 9.14. The first-order chi connectivity index (χ1) is 7.30. The molecule has 0 aliphatic carbocycles. The zero-order chi connectivity index (χ0) is 13.2. The molecule has 0 aliphatic heterocycles. The summed E-state index contributed by atoms with van der Waals surface area (Å²) in [4.78, 5) is 10.6. The Kier molecular flexibility index (Phi) is 9.88. The first-order valence-corrected chi connectivity index (χ1v) is 5.86. The van der Waals surface area contributed by atoms with Gasteiger partial charge in [0.15, 0.2) is 5.78 Å². The zero-order valence-corrected chi connectivity index (χ0v) is 11.8. The summed E-state index contributed by atoms with van der Waals surface area (Å²) in [6.07, 6.45) is 0. The second-order valence-electron chi connectivity index (χ2n) is 4.92. The van der Waals surface area contributed by atoms with Crippen LogP contribution in [0, 0.1) is 5.41 Å². The number of hydrogen-bond acceptors (Lipinski definition) is 1. The van der Waals surface area contributed by atoms with Crippen molar-refractivity contribution in [1.29, 1.82) is 0 Å². The maximum absolute atomic E-state index is 10.6. The average molecular weight is 222 g/mol. The van der Waals surface area contributed by atoms with Crippen LogP contribution in [0.4, 0.5) is 0 Å². The van der Waals surface area contributed by atoms with E-state index in [1.54, 1.807) is 6.92 Å². The summed E-state index contributed by atoms with van der Waals surface area (Å²) in [5.41, 5.74) is 1.28. The van der Waals surface area contributed by atoms with Crippen LogP contribution in [0.1, 0.15) is 58.8 Å². The number of Topliss-reactive ketones (excluding diaryl/α,β-unsaturated/α-hetero) is 1. The topological polar surface area (TPSA) is 17.1 Å². The van der Waals surface area contributed by atoms with Crippen LogP contribution in [0.15, 0.2) is 30.3 Å². The van der Waals surface area contributed by atoms with E-state index in [4.69, 9.17) is 0 Å². The first-order valence-electron chi connectivity index (χ1n) is 5.86. The summed E-state index contributed by atoms with van der Waals surface area (Å²) >= 11 is 0. The van der Waals surface area contributed by atoms with E-state index in [9.17, 15) is 4.79 Å². The molecule has 0 saturated carbocycles. The Balaban J connectivity index is 0. The fourth-order valence-electron chi connectivity index (χ4n) is 0.673. The van der Waals surface area contributed by atoms with Crippen molar-refractivity contribution in [2.24, 2.45) is 5.41 Å². The number of hydrogen-bond donors (Lipinski definition) is 0. The summed E-state index contributed by atoms with van der Waals surface area (Å²) in [6.45, 7) is 14.3. The fourth-order valence-corrected chi connectivity index (χ4v) is 0.673. The Morgan fingerprint density at radius 2 is 1.25 bits per heavy atom. The van der Waals surface area contributed by atoms with Crippen LogP contribution < -0.4 is 0 Å². The fraction of sp³-hybridized carbons (Fsp3) is 0.533. The molecule has 0 radical (unpaired) electrons. The lowest BCUT2D eigenvalue weighted by atomic mass is 10.0. The van der Waals surface area contributed by atoms with E-state index in [0.29, 0.717) is 5.41 Å². The Morgan fingerprint density at radius 1 is 0.938 bits per heavy atom. The highest BCUT2D eigenvalue weighted by Gasteiger charge is 1.95. The minimum Gasteiger partial charge on any atom is -0.295 e. The molecule has 0 unspecified atom stereocenters. The summed E-state index contributed by atoms with van der Waals surface area (Å²) in [7, 11) is 0. The lowest BCUT2D eigenvalue weighted by molar-refractivity contribution is 0.101. The number of benzene rings is 1. The Hall–Kier alpha value is -1.11. The van der Waals surface area contributed by atoms with E-state index in [1.807, 2.05) is 44.2 Å². The predicted molar refractivity (Wildman–Crippen MR) is 72.9 cm³/mol. The molecule has 1 rings (SSSR count). The van der Waals surface area contributed by atoms with Gasteiger partial charge in [0.2, 0.25) is 0 Å². The van der Waals surface area contributed by atoms with E-state index in [0.717, 1.165) is 5.56 Å². The monoisotopic (exact) mass is 222 g/mol. The molecule has 0 aliphatic rings. The highest BCUT2D eigenvalue weighted by atomic mass is 16.1. The molecule has 1 nitrogen and oxygen atoms in total. The summed E-state index contributed by atoms with van der Waals surface area (Å²) in [5, 5.41) is 0. The van der Waals surface area contributed by atoms with Crippen LogP contribution in [0.2, 0.25) is 0 Å². The molecule has 92 valence electrons. The highest BCUT2D eigenvalue weighted by molar-refractivity contribution is 5.93. The average Bonchev–Trinajstić information content (AvgIpc) is 2.20. The second-order valence-corrected chi connectivity index (χ2v) is 4.92. The molecule has 0 saturated heterocycles. The van der Waals surface area contributed by atoms with Crippen molar-refractivity contribution in [3.05, 3.63) is 35.9 Å². The molecular formula is C15H26O. The first kappa shape index (κ1) is 17.3. The molecule has 0 aromatic heterocycles. The third kappa shape index (κ3) is 15.4. The van der Waals surface area contributed by atoms with E-state index in [-0.39, 0.29) is 5.78 Å². The van der Waals surface area contributed by atoms with Crippen molar-refractivity contribution in [2.75, 3.05) is 0 Å². The molecule has 1 heteroatoms. The van der Waals surface area contributed by atoms with E-state index >= 15 is 0 Å². The van der Waals surface area contributed by atoms with Crippen LogP contribution in [-0.4, -0.2) is 5.78 Å². The lowest BCUT2D eigenvalue weighted by Crippen LogP contribution is -1.93. The van der Waals surface area contributed by atoms with Gasteiger partial charge in [0.05, 0.1) is 0 Å². The maximum atomic E-state index is 10.6. The molecule has 0 atom stereocenters. The zero-order valence-electron chi connectivity index (χ0n) is 11.8. The molecule has 0 N–H and O–H groups in total. The van der Waals surface area contributed by atoms with Gasteiger partial charge < -0.3 is 0 Å². The van der Waals surface area contributed by atoms with Gasteiger partial charge in [0.1, 0.15) is 0 Å². The van der Waals surface area contributed by atoms with E-state index in [2.05, 4.69) is 27.7 Å². The molecule has 0 spiro atoms. The number of carbonyl (C=O) groups is 1. The smallest absolute Gasteiger partial charge is 0.159 e. The number of rotatable bonds is 1. The summed E-state index contributed by atoms with van der Waals surface area (Å²) < 4.78 is 0. The summed E-state index contributed by atoms with van der Waals surface area (Å²) in [6, 6.07) is 9.23. The minimum absolute atomic E-state index is 0.121. The van der Waals surface area contributed by atoms with Crippen molar-refractivity contribution in [1.82, 2.24) is 0 Å². The number of ketones is 1. The largest absolute Gasteiger partial charge is 0.295 e. The van der Waals surface area contributed by atoms with E-state index < -0.39 is 0 Å². The van der Waals surface area contributed by atoms with Gasteiger partial charge in [-0.3, -0.25) is 4.79 Å². The Labute approximate surface area is 101 Å². The molecular weight excluding hydrogens is 196 g/mol. The lowest BCUT2D eigenvalue weighted by Gasteiger charge is -2.05. The van der Waals surface area contributed by atoms with Crippen molar-refractivity contribution < 1.29 is 4.79 Å². The molecule has 0 amide bonds. The Morgan fingerprint density at radius 3 is 1.44 bits per heavy atom. The van der Waals surface area contributed by atoms with Gasteiger partial charge in [-0.1, -0.05) is 71.9 Å². The third-order valence-electron chi connectivity index (χ3n) is 1.18. The molecule has 16 heavy (non-hydrogen) atoms. The molecule has 0 bridgehead atoms. The SMILES string of the molecule is CC.CC(=O)c1ccccc1.CC(C)(C)C. The summed E-state index contributed by atoms with van der Waals surface area (Å²) in [5.74, 6) is 0.121. The van der Waals surface area contributed by atoms with Gasteiger partial charge >= 0.3 is 0 Å². The molecule has 1 aromatic carbocycles.